The van der Waals surface area contributed by atoms with E-state index in [2.05, 4.69) is 6.58 Å². The molecule has 0 bridgehead atoms. The van der Waals surface area contributed by atoms with Crippen LogP contribution in [0, 0.1) is 0 Å². The van der Waals surface area contributed by atoms with Gasteiger partial charge >= 0.3 is 0 Å². The molecule has 3 rings (SSSR count). The average Bonchev–Trinajstić information content (AvgIpc) is 2.65. The molecule has 4 heteroatoms. The lowest BCUT2D eigenvalue weighted by atomic mass is 9.87. The molecule has 0 spiro atoms. The Morgan fingerprint density at radius 3 is 1.80 bits per heavy atom. The van der Waals surface area contributed by atoms with E-state index in [1.807, 2.05) is 66.7 Å². The summed E-state index contributed by atoms with van der Waals surface area (Å²) >= 11 is 0. The van der Waals surface area contributed by atoms with Gasteiger partial charge in [-0.05, 0) is 18.4 Å². The molecule has 1 aliphatic rings. The van der Waals surface area contributed by atoms with Gasteiger partial charge in [0.05, 0.1) is 12.2 Å². The lowest BCUT2D eigenvalue weighted by molar-refractivity contribution is 0.123. The molecule has 25 heavy (non-hydrogen) atoms. The van der Waals surface area contributed by atoms with Gasteiger partial charge in [-0.2, -0.15) is 0 Å². The molecule has 0 aliphatic heterocycles. The van der Waals surface area contributed by atoms with E-state index in [1.54, 1.807) is 0 Å². The van der Waals surface area contributed by atoms with Crippen LogP contribution in [-0.4, -0.2) is 28.6 Å². The second-order valence-electron chi connectivity index (χ2n) is 6.47. The second kappa shape index (κ2) is 7.53. The van der Waals surface area contributed by atoms with E-state index < -0.39 is 19.3 Å². The van der Waals surface area contributed by atoms with Crippen LogP contribution < -0.4 is 10.6 Å². The van der Waals surface area contributed by atoms with Crippen molar-refractivity contribution in [3.63, 3.8) is 0 Å². The van der Waals surface area contributed by atoms with Crippen molar-refractivity contribution >= 4 is 17.8 Å². The van der Waals surface area contributed by atoms with Gasteiger partial charge in [0.1, 0.15) is 7.14 Å². The van der Waals surface area contributed by atoms with E-state index in [9.17, 15) is 14.8 Å². The van der Waals surface area contributed by atoms with E-state index in [1.165, 1.54) is 0 Å². The lowest BCUT2D eigenvalue weighted by Gasteiger charge is -2.28. The molecule has 1 saturated carbocycles. The zero-order valence-electron chi connectivity index (χ0n) is 14.1. The van der Waals surface area contributed by atoms with Crippen LogP contribution >= 0.6 is 7.14 Å². The van der Waals surface area contributed by atoms with E-state index in [0.29, 0.717) is 24.6 Å². The van der Waals surface area contributed by atoms with E-state index in [4.69, 9.17) is 0 Å². The minimum atomic E-state index is -2.81. The van der Waals surface area contributed by atoms with Crippen LogP contribution in [0.4, 0.5) is 0 Å². The Balaban J connectivity index is 1.93. The molecule has 2 aromatic rings. The summed E-state index contributed by atoms with van der Waals surface area (Å²) < 4.78 is 13.9. The maximum absolute atomic E-state index is 13.9. The highest BCUT2D eigenvalue weighted by atomic mass is 31.2. The summed E-state index contributed by atoms with van der Waals surface area (Å²) in [5.74, 6) is 0. The monoisotopic (exact) mass is 354 g/mol. The van der Waals surface area contributed by atoms with Crippen molar-refractivity contribution in [3.05, 3.63) is 84.5 Å². The fraction of sp³-hybridized carbons (Fsp3) is 0.238. The Labute approximate surface area is 148 Å². The van der Waals surface area contributed by atoms with Crippen LogP contribution in [0.25, 0.3) is 0 Å². The molecular weight excluding hydrogens is 331 g/mol. The third-order valence-corrected chi connectivity index (χ3v) is 7.71. The first-order valence-electron chi connectivity index (χ1n) is 8.44. The van der Waals surface area contributed by atoms with Crippen LogP contribution in [0.15, 0.2) is 84.5 Å². The van der Waals surface area contributed by atoms with Crippen LogP contribution in [0.5, 0.6) is 0 Å². The van der Waals surface area contributed by atoms with Gasteiger partial charge in [0.15, 0.2) is 0 Å². The Kier molecular flexibility index (Phi) is 5.39. The van der Waals surface area contributed by atoms with Gasteiger partial charge in [-0.1, -0.05) is 78.9 Å². The van der Waals surface area contributed by atoms with Gasteiger partial charge in [-0.3, -0.25) is 0 Å². The first kappa shape index (κ1) is 17.9. The van der Waals surface area contributed by atoms with Gasteiger partial charge in [0, 0.05) is 16.8 Å². The largest absolute Gasteiger partial charge is 0.388 e. The third-order valence-electron chi connectivity index (χ3n) is 4.75. The normalized spacial score (nSPS) is 21.2. The minimum absolute atomic E-state index is 0.377. The summed E-state index contributed by atoms with van der Waals surface area (Å²) in [7, 11) is -2.81. The van der Waals surface area contributed by atoms with Crippen molar-refractivity contribution in [2.24, 2.45) is 0 Å². The fourth-order valence-electron chi connectivity index (χ4n) is 3.19. The molecule has 2 aromatic carbocycles. The smallest absolute Gasteiger partial charge is 0.146 e. The second-order valence-corrected chi connectivity index (χ2v) is 9.35. The summed E-state index contributed by atoms with van der Waals surface area (Å²) in [4.78, 5) is 0. The van der Waals surface area contributed by atoms with Gasteiger partial charge in [0.2, 0.25) is 0 Å². The van der Waals surface area contributed by atoms with E-state index in [-0.39, 0.29) is 0 Å². The third kappa shape index (κ3) is 3.85. The first-order chi connectivity index (χ1) is 12.0. The number of hydrogen-bond acceptors (Lipinski definition) is 3. The molecule has 2 unspecified atom stereocenters. The first-order valence-corrected chi connectivity index (χ1v) is 10.3. The van der Waals surface area contributed by atoms with Crippen LogP contribution in [0.3, 0.4) is 0 Å². The zero-order valence-corrected chi connectivity index (χ0v) is 15.0. The maximum atomic E-state index is 13.9. The van der Waals surface area contributed by atoms with Crippen molar-refractivity contribution in [2.75, 3.05) is 6.16 Å². The van der Waals surface area contributed by atoms with E-state index in [0.717, 1.165) is 16.2 Å². The van der Waals surface area contributed by atoms with E-state index >= 15 is 0 Å². The number of allylic oxidation sites excluding steroid dienone is 1. The van der Waals surface area contributed by atoms with Crippen molar-refractivity contribution in [2.45, 2.75) is 25.0 Å². The summed E-state index contributed by atoms with van der Waals surface area (Å²) in [6, 6.07) is 19.0. The van der Waals surface area contributed by atoms with Gasteiger partial charge in [0.25, 0.3) is 0 Å². The van der Waals surface area contributed by atoms with Crippen LogP contribution in [0.2, 0.25) is 0 Å². The van der Waals surface area contributed by atoms with Crippen molar-refractivity contribution in [3.8, 4) is 0 Å². The van der Waals surface area contributed by atoms with Crippen LogP contribution in [-0.2, 0) is 4.57 Å². The SMILES string of the molecule is C=C1C(O)CC(=CCP(=O)(c2ccccc2)c2ccccc2)CC1O. The predicted octanol–water partition coefficient (Wildman–Crippen LogP) is 3.00. The molecule has 0 amide bonds. The summed E-state index contributed by atoms with van der Waals surface area (Å²) in [5, 5.41) is 21.7. The molecule has 2 atom stereocenters. The highest BCUT2D eigenvalue weighted by molar-refractivity contribution is 7.78. The van der Waals surface area contributed by atoms with Crippen molar-refractivity contribution < 1.29 is 14.8 Å². The molecule has 2 N–H and O–H groups in total. The maximum Gasteiger partial charge on any atom is 0.146 e. The lowest BCUT2D eigenvalue weighted by Crippen LogP contribution is -2.28. The molecule has 0 aromatic heterocycles. The Morgan fingerprint density at radius 2 is 1.36 bits per heavy atom. The summed E-state index contributed by atoms with van der Waals surface area (Å²) in [5.41, 5.74) is 1.39. The number of hydrogen-bond donors (Lipinski definition) is 2. The topological polar surface area (TPSA) is 57.5 Å². The Bertz CT molecular complexity index is 752. The number of benzene rings is 2. The van der Waals surface area contributed by atoms with Crippen molar-refractivity contribution in [1.29, 1.82) is 0 Å². The average molecular weight is 354 g/mol. The van der Waals surface area contributed by atoms with Gasteiger partial charge < -0.3 is 14.8 Å². The number of aliphatic hydroxyl groups is 2. The van der Waals surface area contributed by atoms with Crippen molar-refractivity contribution in [1.82, 2.24) is 0 Å². The predicted molar refractivity (Wildman–Crippen MR) is 103 cm³/mol. The molecule has 3 nitrogen and oxygen atoms in total. The van der Waals surface area contributed by atoms with Gasteiger partial charge in [-0.25, -0.2) is 0 Å². The highest BCUT2D eigenvalue weighted by Gasteiger charge is 2.29. The molecule has 1 fully saturated rings. The summed E-state index contributed by atoms with van der Waals surface area (Å²) in [6.45, 7) is 3.73. The minimum Gasteiger partial charge on any atom is -0.388 e. The molecule has 0 heterocycles. The molecule has 1 aliphatic carbocycles. The quantitative estimate of drug-likeness (QED) is 0.656. The number of rotatable bonds is 4. The molecule has 0 saturated heterocycles. The Hall–Kier alpha value is -1.93. The Morgan fingerprint density at radius 1 is 0.920 bits per heavy atom. The van der Waals surface area contributed by atoms with Gasteiger partial charge in [-0.15, -0.1) is 0 Å². The fourth-order valence-corrected chi connectivity index (χ4v) is 5.73. The van der Waals surface area contributed by atoms with Crippen LogP contribution in [0.1, 0.15) is 12.8 Å². The molecule has 130 valence electrons. The number of aliphatic hydroxyl groups excluding tert-OH is 2. The highest BCUT2D eigenvalue weighted by Crippen LogP contribution is 2.44. The standard InChI is InChI=1S/C21H23O3P/c1-16-20(22)14-17(15-21(16)23)12-13-25(24,18-8-4-2-5-9-18)19-10-6-3-7-11-19/h2-12,20-23H,1,13-15H2. The summed E-state index contributed by atoms with van der Waals surface area (Å²) in [6.07, 6.45) is 1.73. The zero-order chi connectivity index (χ0) is 17.9. The molecular formula is C21H23O3P. The molecule has 0 radical (unpaired) electrons.